The molecule has 244 valence electrons. The Morgan fingerprint density at radius 1 is 0.929 bits per heavy atom. The van der Waals surface area contributed by atoms with Crippen LogP contribution in [0.15, 0.2) is 12.2 Å². The third-order valence-corrected chi connectivity index (χ3v) is 7.67. The van der Waals surface area contributed by atoms with Crippen LogP contribution < -0.4 is 5.32 Å². The lowest BCUT2D eigenvalue weighted by atomic mass is 10.00. The third kappa shape index (κ3) is 14.9. The number of ether oxygens (including phenoxy) is 2. The summed E-state index contributed by atoms with van der Waals surface area (Å²) in [6, 6.07) is -0.913. The number of nitrogens with zero attached hydrogens (tertiary/aromatic N) is 1. The average Bonchev–Trinajstić information content (AvgIpc) is 3.05. The van der Waals surface area contributed by atoms with Crippen LogP contribution in [0, 0.1) is 11.8 Å². The first-order valence-corrected chi connectivity index (χ1v) is 15.9. The smallest absolute Gasteiger partial charge is 0.306 e. The van der Waals surface area contributed by atoms with Gasteiger partial charge in [0.25, 0.3) is 5.91 Å². The highest BCUT2D eigenvalue weighted by Gasteiger charge is 2.38. The van der Waals surface area contributed by atoms with Gasteiger partial charge in [0.2, 0.25) is 5.91 Å². The molecule has 0 aromatic rings. The molecule has 10 nitrogen and oxygen atoms in total. The molecule has 0 saturated carbocycles. The van der Waals surface area contributed by atoms with E-state index in [0.29, 0.717) is 12.8 Å². The largest absolute Gasteiger partial charge is 0.460 e. The number of rotatable bonds is 20. The third-order valence-electron chi connectivity index (χ3n) is 7.67. The maximum Gasteiger partial charge on any atom is 0.306 e. The Kier molecular flexibility index (Phi) is 18.8. The summed E-state index contributed by atoms with van der Waals surface area (Å²) in [4.78, 5) is 39.7. The predicted molar refractivity (Wildman–Crippen MR) is 162 cm³/mol. The second-order valence-corrected chi connectivity index (χ2v) is 12.5. The first kappa shape index (κ1) is 38.0. The molecule has 1 rings (SSSR count). The van der Waals surface area contributed by atoms with Gasteiger partial charge in [-0.1, -0.05) is 91.2 Å². The minimum atomic E-state index is -1.73. The van der Waals surface area contributed by atoms with Gasteiger partial charge in [-0.2, -0.15) is 0 Å². The predicted octanol–water partition coefficient (Wildman–Crippen LogP) is 3.50. The number of amides is 2. The Hall–Kier alpha value is -2.01. The summed E-state index contributed by atoms with van der Waals surface area (Å²) in [5, 5.41) is 33.6. The molecule has 1 aliphatic rings. The van der Waals surface area contributed by atoms with Crippen LogP contribution >= 0.6 is 0 Å². The van der Waals surface area contributed by atoms with E-state index < -0.39 is 42.5 Å². The number of aliphatic hydroxyl groups is 3. The molecule has 0 aromatic heterocycles. The number of esters is 1. The zero-order valence-electron chi connectivity index (χ0n) is 26.8. The van der Waals surface area contributed by atoms with Gasteiger partial charge in [0.05, 0.1) is 6.54 Å². The highest BCUT2D eigenvalue weighted by Crippen LogP contribution is 2.18. The summed E-state index contributed by atoms with van der Waals surface area (Å²) in [6.07, 6.45) is 7.67. The van der Waals surface area contributed by atoms with Crippen molar-refractivity contribution < 1.29 is 39.2 Å². The summed E-state index contributed by atoms with van der Waals surface area (Å²) < 4.78 is 10.8. The zero-order chi connectivity index (χ0) is 31.7. The van der Waals surface area contributed by atoms with Crippen LogP contribution in [0.4, 0.5) is 0 Å². The molecule has 4 N–H and O–H groups in total. The molecule has 2 amide bonds. The van der Waals surface area contributed by atoms with E-state index in [1.165, 1.54) is 56.6 Å². The van der Waals surface area contributed by atoms with Gasteiger partial charge in [-0.3, -0.25) is 14.4 Å². The second-order valence-electron chi connectivity index (χ2n) is 12.5. The molecule has 42 heavy (non-hydrogen) atoms. The van der Waals surface area contributed by atoms with E-state index in [1.54, 1.807) is 13.1 Å². The second kappa shape index (κ2) is 20.8. The molecular formula is C32H58N2O8. The summed E-state index contributed by atoms with van der Waals surface area (Å²) in [5.41, 5.74) is 0. The summed E-state index contributed by atoms with van der Waals surface area (Å²) in [6.45, 7) is 8.52. The Morgan fingerprint density at radius 2 is 1.52 bits per heavy atom. The maximum absolute atomic E-state index is 12.9. The number of methoxy groups -OCH3 is 1. The number of unbranched alkanes of at least 4 members (excludes halogenated alkanes) is 7. The lowest BCUT2D eigenvalue weighted by Gasteiger charge is -2.28. The molecule has 0 unspecified atom stereocenters. The van der Waals surface area contributed by atoms with Crippen LogP contribution in [-0.2, 0) is 23.9 Å². The van der Waals surface area contributed by atoms with Crippen molar-refractivity contribution in [2.45, 2.75) is 141 Å². The number of hydrogen-bond acceptors (Lipinski definition) is 8. The van der Waals surface area contributed by atoms with E-state index in [4.69, 9.17) is 9.47 Å². The number of nitrogens with one attached hydrogen (secondary N) is 1. The van der Waals surface area contributed by atoms with Gasteiger partial charge in [0.15, 0.2) is 6.10 Å². The van der Waals surface area contributed by atoms with Crippen LogP contribution in [0.5, 0.6) is 0 Å². The van der Waals surface area contributed by atoms with Gasteiger partial charge in [-0.05, 0) is 31.1 Å². The summed E-state index contributed by atoms with van der Waals surface area (Å²) in [5.74, 6) is -0.522. The van der Waals surface area contributed by atoms with Crippen molar-refractivity contribution in [3.8, 4) is 0 Å². The Bertz CT molecular complexity index is 818. The molecule has 6 atom stereocenters. The van der Waals surface area contributed by atoms with E-state index in [9.17, 15) is 29.7 Å². The van der Waals surface area contributed by atoms with Crippen LogP contribution in [-0.4, -0.2) is 95.3 Å². The molecule has 1 heterocycles. The Balaban J connectivity index is 2.48. The van der Waals surface area contributed by atoms with Crippen LogP contribution in [0.25, 0.3) is 0 Å². The molecule has 0 bridgehead atoms. The van der Waals surface area contributed by atoms with Gasteiger partial charge in [-0.25, -0.2) is 0 Å². The fourth-order valence-electron chi connectivity index (χ4n) is 5.07. The molecule has 1 saturated heterocycles. The lowest BCUT2D eigenvalue weighted by molar-refractivity contribution is -0.151. The van der Waals surface area contributed by atoms with E-state index in [-0.39, 0.29) is 30.8 Å². The first-order valence-electron chi connectivity index (χ1n) is 15.9. The van der Waals surface area contributed by atoms with Crippen molar-refractivity contribution in [1.29, 1.82) is 0 Å². The molecule has 0 aliphatic carbocycles. The number of carbonyl (C=O) groups excluding carboxylic acids is 3. The molecule has 0 spiro atoms. The summed E-state index contributed by atoms with van der Waals surface area (Å²) in [7, 11) is 2.78. The van der Waals surface area contributed by atoms with Gasteiger partial charge < -0.3 is 35.0 Å². The molecule has 0 aromatic carbocycles. The number of carbonyl (C=O) groups is 3. The maximum atomic E-state index is 12.9. The van der Waals surface area contributed by atoms with Gasteiger partial charge in [0, 0.05) is 20.6 Å². The van der Waals surface area contributed by atoms with Gasteiger partial charge >= 0.3 is 5.97 Å². The summed E-state index contributed by atoms with van der Waals surface area (Å²) >= 11 is 0. The zero-order valence-corrected chi connectivity index (χ0v) is 26.8. The first-order chi connectivity index (χ1) is 19.9. The number of allylic oxidation sites excluding steroid dienone is 1. The van der Waals surface area contributed by atoms with Gasteiger partial charge in [0.1, 0.15) is 30.5 Å². The van der Waals surface area contributed by atoms with Crippen molar-refractivity contribution in [2.24, 2.45) is 11.8 Å². The molecule has 10 heteroatoms. The molecule has 1 aliphatic heterocycles. The number of likely N-dealkylation sites (N-methyl/N-ethyl adjacent to an activating group) is 1. The molecule has 0 radical (unpaired) electrons. The van der Waals surface area contributed by atoms with Crippen LogP contribution in [0.2, 0.25) is 0 Å². The van der Waals surface area contributed by atoms with Crippen molar-refractivity contribution in [1.82, 2.24) is 10.2 Å². The van der Waals surface area contributed by atoms with Crippen molar-refractivity contribution in [3.05, 3.63) is 12.2 Å². The fraction of sp³-hybridized carbons (Fsp3) is 0.844. The Morgan fingerprint density at radius 3 is 2.10 bits per heavy atom. The number of aliphatic hydroxyl groups excluding tert-OH is 3. The van der Waals surface area contributed by atoms with Crippen molar-refractivity contribution in [2.75, 3.05) is 20.7 Å². The lowest BCUT2D eigenvalue weighted by Crippen LogP contribution is -2.55. The topological polar surface area (TPSA) is 146 Å². The van der Waals surface area contributed by atoms with Crippen LogP contribution in [0.1, 0.15) is 105 Å². The average molecular weight is 599 g/mol. The molecular weight excluding hydrogens is 540 g/mol. The van der Waals surface area contributed by atoms with E-state index >= 15 is 0 Å². The monoisotopic (exact) mass is 598 g/mol. The standard InChI is InChI=1S/C32H58N2O8/c1-22(2)15-13-11-9-7-8-10-12-14-16-27(36)42-24-18-19-25(32(40)34(5)21-24)33-31(39)30(41-6)29(38)28(37)26(35)20-17-23(3)4/h17,20,22-26,28-30,35,37-38H,7-16,18-19,21H2,1-6H3,(H,33,39)/b20-17+/t24-,25-,26+,28-,29+,30+/m0/s1. The quantitative estimate of drug-likeness (QED) is 0.0947. The van der Waals surface area contributed by atoms with Crippen molar-refractivity contribution in [3.63, 3.8) is 0 Å². The highest BCUT2D eigenvalue weighted by molar-refractivity contribution is 5.89. The van der Waals surface area contributed by atoms with Crippen LogP contribution in [0.3, 0.4) is 0 Å². The van der Waals surface area contributed by atoms with Crippen molar-refractivity contribution >= 4 is 17.8 Å². The molecule has 1 fully saturated rings. The number of likely N-dealkylation sites (tertiary alicyclic amines) is 1. The van der Waals surface area contributed by atoms with Gasteiger partial charge in [-0.15, -0.1) is 0 Å². The minimum absolute atomic E-state index is 0.121. The fourth-order valence-corrected chi connectivity index (χ4v) is 5.07. The Labute approximate surface area is 253 Å². The normalized spacial score (nSPS) is 20.9. The number of hydrogen-bond donors (Lipinski definition) is 4. The van der Waals surface area contributed by atoms with E-state index in [2.05, 4.69) is 19.2 Å². The SMILES string of the molecule is CO[C@@H](C(=O)N[C@H]1CC[C@H](OC(=O)CCCCCCCCCCC(C)C)CN(C)C1=O)[C@H](O)[C@@H](O)[C@H](O)/C=C/C(C)C. The highest BCUT2D eigenvalue weighted by atomic mass is 16.5. The van der Waals surface area contributed by atoms with E-state index in [0.717, 1.165) is 25.2 Å². The minimum Gasteiger partial charge on any atom is -0.460 e. The van der Waals surface area contributed by atoms with E-state index in [1.807, 2.05) is 13.8 Å².